The van der Waals surface area contributed by atoms with Crippen molar-refractivity contribution in [3.63, 3.8) is 0 Å². The number of anilines is 1. The molecule has 0 bridgehead atoms. The Morgan fingerprint density at radius 3 is 2.61 bits per heavy atom. The predicted octanol–water partition coefficient (Wildman–Crippen LogP) is 4.96. The lowest BCUT2D eigenvalue weighted by molar-refractivity contribution is 0.626. The van der Waals surface area contributed by atoms with Crippen molar-refractivity contribution in [2.75, 3.05) is 5.32 Å². The lowest BCUT2D eigenvalue weighted by Gasteiger charge is -2.17. The van der Waals surface area contributed by atoms with Gasteiger partial charge in [-0.3, -0.25) is 0 Å². The van der Waals surface area contributed by atoms with Crippen LogP contribution in [-0.2, 0) is 0 Å². The lowest BCUT2D eigenvalue weighted by atomic mass is 10.1. The second-order valence-electron chi connectivity index (χ2n) is 4.38. The van der Waals surface area contributed by atoms with Crippen molar-refractivity contribution in [1.29, 1.82) is 0 Å². The molecule has 0 aliphatic rings. The molecule has 0 aliphatic heterocycles. The van der Waals surface area contributed by atoms with Crippen molar-refractivity contribution in [1.82, 2.24) is 0 Å². The second kappa shape index (κ2) is 5.40. The van der Waals surface area contributed by atoms with E-state index in [0.29, 0.717) is 0 Å². The molecule has 0 fully saturated rings. The molecule has 18 heavy (non-hydrogen) atoms. The smallest absolute Gasteiger partial charge is 0.123 e. The van der Waals surface area contributed by atoms with Gasteiger partial charge < -0.3 is 5.32 Å². The van der Waals surface area contributed by atoms with E-state index in [0.717, 1.165) is 21.8 Å². The van der Waals surface area contributed by atoms with Crippen molar-refractivity contribution >= 4 is 17.3 Å². The molecule has 0 radical (unpaired) electrons. The highest BCUT2D eigenvalue weighted by Gasteiger charge is 2.07. The van der Waals surface area contributed by atoms with Gasteiger partial charge in [0.05, 0.1) is 0 Å². The molecule has 0 aliphatic carbocycles. The fraction of sp³-hybridized carbons (Fsp3) is 0.200. The Morgan fingerprint density at radius 1 is 1.17 bits per heavy atom. The topological polar surface area (TPSA) is 12.0 Å². The number of rotatable bonds is 3. The summed E-state index contributed by atoms with van der Waals surface area (Å²) >= 11 is 5.97. The molecule has 1 unspecified atom stereocenters. The van der Waals surface area contributed by atoms with E-state index in [1.165, 1.54) is 12.1 Å². The van der Waals surface area contributed by atoms with E-state index in [9.17, 15) is 4.39 Å². The SMILES string of the molecule is Cc1cc(F)ccc1NC(C)c1cccc(Cl)c1. The monoisotopic (exact) mass is 263 g/mol. The van der Waals surface area contributed by atoms with Crippen molar-refractivity contribution in [2.24, 2.45) is 0 Å². The van der Waals surface area contributed by atoms with Crippen LogP contribution < -0.4 is 5.32 Å². The molecule has 2 aromatic rings. The lowest BCUT2D eigenvalue weighted by Crippen LogP contribution is -2.07. The van der Waals surface area contributed by atoms with Crippen LogP contribution in [0, 0.1) is 12.7 Å². The van der Waals surface area contributed by atoms with Crippen LogP contribution in [0.25, 0.3) is 0 Å². The maximum absolute atomic E-state index is 13.0. The van der Waals surface area contributed by atoms with Gasteiger partial charge >= 0.3 is 0 Å². The van der Waals surface area contributed by atoms with E-state index < -0.39 is 0 Å². The van der Waals surface area contributed by atoms with Gasteiger partial charge in [0, 0.05) is 16.8 Å². The Labute approximate surface area is 112 Å². The molecule has 3 heteroatoms. The zero-order valence-corrected chi connectivity index (χ0v) is 11.1. The summed E-state index contributed by atoms with van der Waals surface area (Å²) in [6.07, 6.45) is 0. The minimum atomic E-state index is -0.214. The van der Waals surface area contributed by atoms with Crippen LogP contribution in [-0.4, -0.2) is 0 Å². The standard InChI is InChI=1S/C15H15ClFN/c1-10-8-14(17)6-7-15(10)18-11(2)12-4-3-5-13(16)9-12/h3-9,11,18H,1-2H3. The maximum Gasteiger partial charge on any atom is 0.123 e. The zero-order chi connectivity index (χ0) is 13.1. The first-order valence-electron chi connectivity index (χ1n) is 5.84. The van der Waals surface area contributed by atoms with Gasteiger partial charge in [0.2, 0.25) is 0 Å². The fourth-order valence-corrected chi connectivity index (χ4v) is 2.08. The summed E-state index contributed by atoms with van der Waals surface area (Å²) in [5.41, 5.74) is 2.93. The third kappa shape index (κ3) is 3.02. The normalized spacial score (nSPS) is 12.2. The summed E-state index contributed by atoms with van der Waals surface area (Å²) < 4.78 is 13.0. The average Bonchev–Trinajstić information content (AvgIpc) is 2.32. The molecule has 1 nitrogen and oxygen atoms in total. The molecule has 0 amide bonds. The molecule has 2 aromatic carbocycles. The maximum atomic E-state index is 13.0. The Balaban J connectivity index is 2.18. The zero-order valence-electron chi connectivity index (χ0n) is 10.4. The summed E-state index contributed by atoms with van der Waals surface area (Å²) in [6.45, 7) is 3.94. The van der Waals surface area contributed by atoms with E-state index in [2.05, 4.69) is 12.2 Å². The quantitative estimate of drug-likeness (QED) is 0.825. The van der Waals surface area contributed by atoms with Crippen LogP contribution in [0.1, 0.15) is 24.1 Å². The van der Waals surface area contributed by atoms with Crippen LogP contribution in [0.5, 0.6) is 0 Å². The summed E-state index contributed by atoms with van der Waals surface area (Å²) in [5.74, 6) is -0.214. The Kier molecular flexibility index (Phi) is 3.87. The van der Waals surface area contributed by atoms with Crippen LogP contribution in [0.4, 0.5) is 10.1 Å². The second-order valence-corrected chi connectivity index (χ2v) is 4.82. The van der Waals surface area contributed by atoms with E-state index >= 15 is 0 Å². The van der Waals surface area contributed by atoms with Gasteiger partial charge in [-0.1, -0.05) is 23.7 Å². The third-order valence-corrected chi connectivity index (χ3v) is 3.14. The highest BCUT2D eigenvalue weighted by Crippen LogP contribution is 2.24. The largest absolute Gasteiger partial charge is 0.378 e. The van der Waals surface area contributed by atoms with Crippen LogP contribution in [0.2, 0.25) is 5.02 Å². The molecule has 0 heterocycles. The molecular weight excluding hydrogens is 249 g/mol. The third-order valence-electron chi connectivity index (χ3n) is 2.91. The predicted molar refractivity (Wildman–Crippen MR) is 74.6 cm³/mol. The van der Waals surface area contributed by atoms with Crippen molar-refractivity contribution in [3.8, 4) is 0 Å². The molecule has 94 valence electrons. The van der Waals surface area contributed by atoms with Crippen LogP contribution in [0.15, 0.2) is 42.5 Å². The van der Waals surface area contributed by atoms with Gasteiger partial charge in [0.15, 0.2) is 0 Å². The molecule has 0 spiro atoms. The summed E-state index contributed by atoms with van der Waals surface area (Å²) in [5, 5.41) is 4.07. The average molecular weight is 264 g/mol. The minimum Gasteiger partial charge on any atom is -0.378 e. The molecule has 2 rings (SSSR count). The first-order valence-corrected chi connectivity index (χ1v) is 6.22. The number of hydrogen-bond acceptors (Lipinski definition) is 1. The number of nitrogens with one attached hydrogen (secondary N) is 1. The van der Waals surface area contributed by atoms with Gasteiger partial charge in [-0.05, 0) is 55.3 Å². The van der Waals surface area contributed by atoms with E-state index in [1.807, 2.05) is 31.2 Å². The first kappa shape index (κ1) is 12.9. The number of halogens is 2. The Bertz CT molecular complexity index is 554. The van der Waals surface area contributed by atoms with Gasteiger partial charge in [-0.15, -0.1) is 0 Å². The minimum absolute atomic E-state index is 0.118. The van der Waals surface area contributed by atoms with E-state index in [4.69, 9.17) is 11.6 Å². The van der Waals surface area contributed by atoms with Crippen molar-refractivity contribution in [2.45, 2.75) is 19.9 Å². The first-order chi connectivity index (χ1) is 8.56. The molecule has 0 saturated heterocycles. The molecule has 0 aromatic heterocycles. The number of hydrogen-bond donors (Lipinski definition) is 1. The molecular formula is C15H15ClFN. The van der Waals surface area contributed by atoms with Crippen LogP contribution >= 0.6 is 11.6 Å². The number of aryl methyl sites for hydroxylation is 1. The molecule has 1 atom stereocenters. The van der Waals surface area contributed by atoms with Crippen molar-refractivity contribution < 1.29 is 4.39 Å². The Morgan fingerprint density at radius 2 is 1.94 bits per heavy atom. The van der Waals surface area contributed by atoms with Gasteiger partial charge in [-0.25, -0.2) is 4.39 Å². The highest BCUT2D eigenvalue weighted by molar-refractivity contribution is 6.30. The van der Waals surface area contributed by atoms with E-state index in [-0.39, 0.29) is 11.9 Å². The van der Waals surface area contributed by atoms with Gasteiger partial charge in [-0.2, -0.15) is 0 Å². The summed E-state index contributed by atoms with van der Waals surface area (Å²) in [4.78, 5) is 0. The Hall–Kier alpha value is -1.54. The summed E-state index contributed by atoms with van der Waals surface area (Å²) in [6, 6.07) is 12.6. The summed E-state index contributed by atoms with van der Waals surface area (Å²) in [7, 11) is 0. The molecule has 1 N–H and O–H groups in total. The van der Waals surface area contributed by atoms with Gasteiger partial charge in [0.1, 0.15) is 5.82 Å². The number of benzene rings is 2. The van der Waals surface area contributed by atoms with E-state index in [1.54, 1.807) is 6.07 Å². The van der Waals surface area contributed by atoms with Crippen LogP contribution in [0.3, 0.4) is 0 Å². The van der Waals surface area contributed by atoms with Gasteiger partial charge in [0.25, 0.3) is 0 Å². The highest BCUT2D eigenvalue weighted by atomic mass is 35.5. The van der Waals surface area contributed by atoms with Crippen molar-refractivity contribution in [3.05, 3.63) is 64.4 Å². The molecule has 0 saturated carbocycles. The fourth-order valence-electron chi connectivity index (χ4n) is 1.88.